The van der Waals surface area contributed by atoms with Crippen LogP contribution in [-0.4, -0.2) is 42.7 Å². The highest BCUT2D eigenvalue weighted by Crippen LogP contribution is 2.40. The first-order valence-electron chi connectivity index (χ1n) is 13.1. The first kappa shape index (κ1) is 27.3. The van der Waals surface area contributed by atoms with Gasteiger partial charge in [0.05, 0.1) is 22.9 Å². The van der Waals surface area contributed by atoms with Gasteiger partial charge in [0.2, 0.25) is 0 Å². The van der Waals surface area contributed by atoms with Gasteiger partial charge in [-0.3, -0.25) is 19.7 Å². The Morgan fingerprint density at radius 3 is 2.46 bits per heavy atom. The molecule has 1 aromatic heterocycles. The molecule has 0 bridgehead atoms. The van der Waals surface area contributed by atoms with Gasteiger partial charge in [-0.15, -0.1) is 0 Å². The molecule has 1 atom stereocenters. The summed E-state index contributed by atoms with van der Waals surface area (Å²) in [6, 6.07) is 19.4. The zero-order valence-electron chi connectivity index (χ0n) is 22.3. The lowest BCUT2D eigenvalue weighted by Crippen LogP contribution is -2.31. The number of aliphatic hydroxyl groups is 1. The van der Waals surface area contributed by atoms with E-state index >= 15 is 0 Å². The molecule has 0 radical (unpaired) electrons. The molecule has 1 aliphatic rings. The Kier molecular flexibility index (Phi) is 7.91. The number of rotatable bonds is 10. The summed E-state index contributed by atoms with van der Waals surface area (Å²) in [6.45, 7) is 3.18. The number of aromatic nitrogens is 2. The standard InChI is InChI=1S/C31H28N4O6/c1-21-4-2-5-22(18-21)19-41-26-12-8-24(9-13-26)29(36)27-28(23-6-10-25(11-7-23)35(39)40)34(31(38)30(27)37)16-3-15-33-17-14-32-20-33/h2,4-14,17-18,20,28,36H,3,15-16,19H2,1H3/b29-27+. The molecule has 1 unspecified atom stereocenters. The van der Waals surface area contributed by atoms with E-state index in [9.17, 15) is 24.8 Å². The van der Waals surface area contributed by atoms with E-state index in [0.29, 0.717) is 36.4 Å². The van der Waals surface area contributed by atoms with Crippen molar-refractivity contribution in [2.24, 2.45) is 0 Å². The molecule has 208 valence electrons. The minimum Gasteiger partial charge on any atom is -0.507 e. The lowest BCUT2D eigenvalue weighted by molar-refractivity contribution is -0.384. The Hall–Kier alpha value is -5.25. The normalized spacial score (nSPS) is 16.2. The van der Waals surface area contributed by atoms with Crippen LogP contribution in [0.25, 0.3) is 5.76 Å². The number of nitrogens with zero attached hydrogens (tertiary/aromatic N) is 4. The van der Waals surface area contributed by atoms with Crippen LogP contribution >= 0.6 is 0 Å². The summed E-state index contributed by atoms with van der Waals surface area (Å²) in [4.78, 5) is 42.6. The van der Waals surface area contributed by atoms with Gasteiger partial charge in [0.25, 0.3) is 17.4 Å². The highest BCUT2D eigenvalue weighted by Gasteiger charge is 2.45. The van der Waals surface area contributed by atoms with Gasteiger partial charge in [-0.1, -0.05) is 29.8 Å². The number of Topliss-reactive ketones (excluding diaryl/α,β-unsaturated/α-hetero) is 1. The fourth-order valence-corrected chi connectivity index (χ4v) is 4.91. The summed E-state index contributed by atoms with van der Waals surface area (Å²) in [6.07, 6.45) is 5.65. The monoisotopic (exact) mass is 552 g/mol. The predicted octanol–water partition coefficient (Wildman–Crippen LogP) is 5.19. The van der Waals surface area contributed by atoms with Crippen molar-refractivity contribution >= 4 is 23.1 Å². The molecule has 5 rings (SSSR count). The van der Waals surface area contributed by atoms with Gasteiger partial charge in [-0.05, 0) is 60.9 Å². The number of ether oxygens (including phenoxy) is 1. The van der Waals surface area contributed by atoms with Gasteiger partial charge in [-0.25, -0.2) is 4.98 Å². The molecule has 10 nitrogen and oxygen atoms in total. The van der Waals surface area contributed by atoms with Crippen LogP contribution in [0.4, 0.5) is 5.69 Å². The van der Waals surface area contributed by atoms with Crippen molar-refractivity contribution in [1.29, 1.82) is 0 Å². The van der Waals surface area contributed by atoms with Crippen LogP contribution < -0.4 is 4.74 Å². The average Bonchev–Trinajstić information content (AvgIpc) is 3.58. The third kappa shape index (κ3) is 6.01. The number of carbonyl (C=O) groups excluding carboxylic acids is 2. The van der Waals surface area contributed by atoms with Crippen LogP contribution in [0.2, 0.25) is 0 Å². The quantitative estimate of drug-likeness (QED) is 0.0943. The smallest absolute Gasteiger partial charge is 0.295 e. The van der Waals surface area contributed by atoms with Crippen LogP contribution in [-0.2, 0) is 22.7 Å². The molecular formula is C31H28N4O6. The van der Waals surface area contributed by atoms with Gasteiger partial charge < -0.3 is 19.3 Å². The summed E-state index contributed by atoms with van der Waals surface area (Å²) in [7, 11) is 0. The van der Waals surface area contributed by atoms with E-state index in [0.717, 1.165) is 11.1 Å². The third-order valence-corrected chi connectivity index (χ3v) is 6.95. The molecule has 0 aliphatic carbocycles. The third-order valence-electron chi connectivity index (χ3n) is 6.95. The van der Waals surface area contributed by atoms with Crippen molar-refractivity contribution < 1.29 is 24.4 Å². The van der Waals surface area contributed by atoms with E-state index in [-0.39, 0.29) is 23.6 Å². The highest BCUT2D eigenvalue weighted by atomic mass is 16.6. The van der Waals surface area contributed by atoms with Crippen molar-refractivity contribution in [2.75, 3.05) is 6.54 Å². The van der Waals surface area contributed by atoms with Gasteiger partial charge in [0, 0.05) is 43.2 Å². The molecule has 10 heteroatoms. The molecule has 2 heterocycles. The molecule has 1 aliphatic heterocycles. The zero-order chi connectivity index (χ0) is 28.9. The molecular weight excluding hydrogens is 524 g/mol. The van der Waals surface area contributed by atoms with E-state index in [1.165, 1.54) is 29.2 Å². The summed E-state index contributed by atoms with van der Waals surface area (Å²) in [5.74, 6) is -1.30. The maximum Gasteiger partial charge on any atom is 0.295 e. The number of benzene rings is 3. The lowest BCUT2D eigenvalue weighted by atomic mass is 9.95. The predicted molar refractivity (Wildman–Crippen MR) is 151 cm³/mol. The second kappa shape index (κ2) is 11.9. The molecule has 3 aromatic carbocycles. The molecule has 1 fully saturated rings. The number of aryl methyl sites for hydroxylation is 2. The van der Waals surface area contributed by atoms with Gasteiger partial charge in [0.1, 0.15) is 18.1 Å². The van der Waals surface area contributed by atoms with Crippen LogP contribution in [0.15, 0.2) is 97.1 Å². The Balaban J connectivity index is 1.43. The molecule has 0 saturated carbocycles. The number of nitro groups is 1. The number of hydrogen-bond acceptors (Lipinski definition) is 7. The second-order valence-electron chi connectivity index (χ2n) is 9.80. The number of non-ortho nitro benzene ring substituents is 1. The van der Waals surface area contributed by atoms with Crippen LogP contribution in [0.3, 0.4) is 0 Å². The first-order valence-corrected chi connectivity index (χ1v) is 13.1. The van der Waals surface area contributed by atoms with E-state index in [1.807, 2.05) is 35.8 Å². The van der Waals surface area contributed by atoms with Crippen molar-refractivity contribution in [3.63, 3.8) is 0 Å². The Morgan fingerprint density at radius 2 is 1.80 bits per heavy atom. The van der Waals surface area contributed by atoms with Gasteiger partial charge in [0.15, 0.2) is 0 Å². The topological polar surface area (TPSA) is 128 Å². The largest absolute Gasteiger partial charge is 0.507 e. The maximum absolute atomic E-state index is 13.3. The van der Waals surface area contributed by atoms with E-state index in [1.54, 1.807) is 43.0 Å². The maximum atomic E-state index is 13.3. The second-order valence-corrected chi connectivity index (χ2v) is 9.80. The number of amides is 1. The number of nitro benzene ring substituents is 1. The Bertz CT molecular complexity index is 1590. The van der Waals surface area contributed by atoms with Crippen molar-refractivity contribution in [1.82, 2.24) is 14.5 Å². The summed E-state index contributed by atoms with van der Waals surface area (Å²) < 4.78 is 7.73. The Morgan fingerprint density at radius 1 is 1.05 bits per heavy atom. The lowest BCUT2D eigenvalue weighted by Gasteiger charge is -2.25. The number of aliphatic hydroxyl groups excluding tert-OH is 1. The molecule has 1 saturated heterocycles. The van der Waals surface area contributed by atoms with Crippen molar-refractivity contribution in [2.45, 2.75) is 32.5 Å². The molecule has 41 heavy (non-hydrogen) atoms. The van der Waals surface area contributed by atoms with Crippen LogP contribution in [0.5, 0.6) is 5.75 Å². The van der Waals surface area contributed by atoms with Crippen LogP contribution in [0, 0.1) is 17.0 Å². The summed E-state index contributed by atoms with van der Waals surface area (Å²) in [5, 5.41) is 22.5. The highest BCUT2D eigenvalue weighted by molar-refractivity contribution is 6.46. The fourth-order valence-electron chi connectivity index (χ4n) is 4.91. The fraction of sp³-hybridized carbons (Fsp3) is 0.194. The SMILES string of the molecule is Cc1cccc(COc2ccc(/C(O)=C3\C(=O)C(=O)N(CCCn4ccnc4)C3c3ccc([N+](=O)[O-])cc3)cc2)c1. The molecule has 1 N–H and O–H groups in total. The van der Waals surface area contributed by atoms with E-state index in [4.69, 9.17) is 4.74 Å². The minimum atomic E-state index is -0.907. The Labute approximate surface area is 236 Å². The summed E-state index contributed by atoms with van der Waals surface area (Å²) in [5.41, 5.74) is 2.79. The molecule has 0 spiro atoms. The number of hydrogen-bond donors (Lipinski definition) is 1. The van der Waals surface area contributed by atoms with Crippen molar-refractivity contribution in [3.05, 3.63) is 129 Å². The minimum absolute atomic E-state index is 0.0695. The summed E-state index contributed by atoms with van der Waals surface area (Å²) >= 11 is 0. The van der Waals surface area contributed by atoms with Crippen molar-refractivity contribution in [3.8, 4) is 5.75 Å². The number of imidazole rings is 1. The van der Waals surface area contributed by atoms with Gasteiger partial charge in [-0.2, -0.15) is 0 Å². The molecule has 4 aromatic rings. The van der Waals surface area contributed by atoms with E-state index in [2.05, 4.69) is 4.98 Å². The first-order chi connectivity index (χ1) is 19.8. The number of likely N-dealkylation sites (tertiary alicyclic amines) is 1. The number of ketones is 1. The average molecular weight is 553 g/mol. The zero-order valence-corrected chi connectivity index (χ0v) is 22.3. The van der Waals surface area contributed by atoms with E-state index < -0.39 is 22.7 Å². The number of carbonyl (C=O) groups is 2. The van der Waals surface area contributed by atoms with Gasteiger partial charge >= 0.3 is 0 Å². The molecule has 1 amide bonds. The van der Waals surface area contributed by atoms with Crippen LogP contribution in [0.1, 0.15) is 34.7 Å².